The lowest BCUT2D eigenvalue weighted by Gasteiger charge is -2.36. The Morgan fingerprint density at radius 1 is 1.39 bits per heavy atom. The highest BCUT2D eigenvalue weighted by Crippen LogP contribution is 2.22. The number of ether oxygens (including phenoxy) is 2. The number of nitrogens with one attached hydrogen (secondary N) is 1. The predicted molar refractivity (Wildman–Crippen MR) is 87.8 cm³/mol. The molecule has 1 amide bonds. The van der Waals surface area contributed by atoms with Gasteiger partial charge in [-0.3, -0.25) is 4.79 Å². The van der Waals surface area contributed by atoms with E-state index in [-0.39, 0.29) is 30.1 Å². The molecule has 0 radical (unpaired) electrons. The summed E-state index contributed by atoms with van der Waals surface area (Å²) in [5.74, 6) is -0.111. The standard InChI is InChI=1S/C17H31NO5/c1-11(8-6-7-9-15(21)18-17(3,4)5)22-16-14(20)10-13(19)12(2)23-16/h7,9,11-14,16,19-20H,6,8,10H2,1-5H3,(H,18,21)/b9-7+/t11-,12+,13?,14-,16?/m1/s1. The lowest BCUT2D eigenvalue weighted by molar-refractivity contribution is -0.273. The Hall–Kier alpha value is -0.950. The zero-order valence-electron chi connectivity index (χ0n) is 14.8. The van der Waals surface area contributed by atoms with Crippen LogP contribution in [0.3, 0.4) is 0 Å². The molecule has 1 saturated heterocycles. The summed E-state index contributed by atoms with van der Waals surface area (Å²) in [6, 6.07) is 0. The molecule has 0 bridgehead atoms. The van der Waals surface area contributed by atoms with Crippen LogP contribution in [0.2, 0.25) is 0 Å². The fraction of sp³-hybridized carbons (Fsp3) is 0.824. The van der Waals surface area contributed by atoms with Gasteiger partial charge >= 0.3 is 0 Å². The fourth-order valence-electron chi connectivity index (χ4n) is 2.30. The summed E-state index contributed by atoms with van der Waals surface area (Å²) >= 11 is 0. The maximum Gasteiger partial charge on any atom is 0.244 e. The van der Waals surface area contributed by atoms with Crippen molar-refractivity contribution in [2.45, 2.75) is 90.1 Å². The lowest BCUT2D eigenvalue weighted by atomic mass is 10.0. The average Bonchev–Trinajstić information content (AvgIpc) is 2.39. The summed E-state index contributed by atoms with van der Waals surface area (Å²) in [5, 5.41) is 22.4. The second kappa shape index (κ2) is 8.78. The van der Waals surface area contributed by atoms with Gasteiger partial charge < -0.3 is 25.0 Å². The molecule has 3 N–H and O–H groups in total. The largest absolute Gasteiger partial charge is 0.390 e. The van der Waals surface area contributed by atoms with Crippen molar-refractivity contribution in [1.82, 2.24) is 5.32 Å². The quantitative estimate of drug-likeness (QED) is 0.643. The van der Waals surface area contributed by atoms with Crippen molar-refractivity contribution >= 4 is 5.91 Å². The highest BCUT2D eigenvalue weighted by atomic mass is 16.7. The molecule has 23 heavy (non-hydrogen) atoms. The van der Waals surface area contributed by atoms with Gasteiger partial charge in [-0.2, -0.15) is 0 Å². The van der Waals surface area contributed by atoms with Crippen LogP contribution in [0.1, 0.15) is 53.9 Å². The molecule has 1 aliphatic heterocycles. The van der Waals surface area contributed by atoms with E-state index in [0.29, 0.717) is 12.8 Å². The third-order valence-electron chi connectivity index (χ3n) is 3.56. The topological polar surface area (TPSA) is 88.0 Å². The molecule has 0 aliphatic carbocycles. The smallest absolute Gasteiger partial charge is 0.244 e. The first kappa shape index (κ1) is 20.1. The first-order valence-electron chi connectivity index (χ1n) is 8.24. The Labute approximate surface area is 138 Å². The highest BCUT2D eigenvalue weighted by molar-refractivity contribution is 5.87. The summed E-state index contributed by atoms with van der Waals surface area (Å²) in [7, 11) is 0. The van der Waals surface area contributed by atoms with Crippen LogP contribution in [0.4, 0.5) is 0 Å². The molecule has 0 aromatic carbocycles. The number of carbonyl (C=O) groups is 1. The summed E-state index contributed by atoms with van der Waals surface area (Å²) in [6.07, 6.45) is 2.34. The predicted octanol–water partition coefficient (Wildman–Crippen LogP) is 1.50. The van der Waals surface area contributed by atoms with Gasteiger partial charge in [-0.25, -0.2) is 0 Å². The van der Waals surface area contributed by atoms with Crippen LogP contribution < -0.4 is 5.32 Å². The van der Waals surface area contributed by atoms with Crippen molar-refractivity contribution in [1.29, 1.82) is 0 Å². The molecule has 0 aromatic rings. The molecule has 0 aromatic heterocycles. The number of aliphatic hydroxyl groups is 2. The number of aliphatic hydroxyl groups excluding tert-OH is 2. The summed E-state index contributed by atoms with van der Waals surface area (Å²) in [6.45, 7) is 9.45. The molecule has 2 unspecified atom stereocenters. The Bertz CT molecular complexity index is 404. The van der Waals surface area contributed by atoms with Crippen molar-refractivity contribution in [2.75, 3.05) is 0 Å². The summed E-state index contributed by atoms with van der Waals surface area (Å²) in [4.78, 5) is 11.6. The molecule has 1 rings (SSSR count). The van der Waals surface area contributed by atoms with Crippen molar-refractivity contribution < 1.29 is 24.5 Å². The van der Waals surface area contributed by atoms with Gasteiger partial charge in [-0.1, -0.05) is 6.08 Å². The zero-order valence-corrected chi connectivity index (χ0v) is 14.8. The fourth-order valence-corrected chi connectivity index (χ4v) is 2.30. The maximum absolute atomic E-state index is 11.6. The molecule has 6 nitrogen and oxygen atoms in total. The first-order valence-corrected chi connectivity index (χ1v) is 8.24. The molecule has 6 heteroatoms. The van der Waals surface area contributed by atoms with Crippen molar-refractivity contribution in [2.24, 2.45) is 0 Å². The molecule has 134 valence electrons. The van der Waals surface area contributed by atoms with Gasteiger partial charge in [0.05, 0.1) is 18.3 Å². The van der Waals surface area contributed by atoms with Gasteiger partial charge in [0.25, 0.3) is 0 Å². The lowest BCUT2D eigenvalue weighted by Crippen LogP contribution is -2.48. The number of hydrogen-bond acceptors (Lipinski definition) is 5. The number of amides is 1. The van der Waals surface area contributed by atoms with Crippen LogP contribution in [0.5, 0.6) is 0 Å². The second-order valence-electron chi connectivity index (χ2n) is 7.25. The number of hydrogen-bond donors (Lipinski definition) is 3. The van der Waals surface area contributed by atoms with Crippen LogP contribution in [-0.2, 0) is 14.3 Å². The summed E-state index contributed by atoms with van der Waals surface area (Å²) in [5.41, 5.74) is -0.243. The molecular weight excluding hydrogens is 298 g/mol. The molecule has 0 saturated carbocycles. The van der Waals surface area contributed by atoms with Gasteiger partial charge in [0, 0.05) is 12.0 Å². The number of carbonyl (C=O) groups excluding carboxylic acids is 1. The monoisotopic (exact) mass is 329 g/mol. The Morgan fingerprint density at radius 2 is 2.04 bits per heavy atom. The maximum atomic E-state index is 11.6. The van der Waals surface area contributed by atoms with Crippen LogP contribution in [-0.4, -0.2) is 52.4 Å². The van der Waals surface area contributed by atoms with E-state index in [9.17, 15) is 15.0 Å². The van der Waals surface area contributed by atoms with Gasteiger partial charge in [0.2, 0.25) is 5.91 Å². The Morgan fingerprint density at radius 3 is 2.65 bits per heavy atom. The molecule has 1 aliphatic rings. The number of rotatable bonds is 6. The minimum absolute atomic E-state index is 0.111. The van der Waals surface area contributed by atoms with E-state index in [4.69, 9.17) is 9.47 Å². The van der Waals surface area contributed by atoms with E-state index in [1.807, 2.05) is 33.8 Å². The third-order valence-corrected chi connectivity index (χ3v) is 3.56. The Kier molecular flexibility index (Phi) is 7.67. The van der Waals surface area contributed by atoms with Gasteiger partial charge in [-0.15, -0.1) is 0 Å². The van der Waals surface area contributed by atoms with E-state index in [2.05, 4.69) is 5.32 Å². The van der Waals surface area contributed by atoms with Crippen LogP contribution >= 0.6 is 0 Å². The molecular formula is C17H31NO5. The number of allylic oxidation sites excluding steroid dienone is 1. The SMILES string of the molecule is C[C@H](CC/C=C/C(=O)NC(C)(C)C)OC1O[C@@H](C)C(O)C[C@H]1O. The highest BCUT2D eigenvalue weighted by Gasteiger charge is 2.35. The molecule has 1 heterocycles. The minimum Gasteiger partial charge on any atom is -0.390 e. The molecule has 1 fully saturated rings. The van der Waals surface area contributed by atoms with Crippen LogP contribution in [0.25, 0.3) is 0 Å². The average molecular weight is 329 g/mol. The van der Waals surface area contributed by atoms with E-state index in [0.717, 1.165) is 0 Å². The van der Waals surface area contributed by atoms with Gasteiger partial charge in [0.15, 0.2) is 6.29 Å². The van der Waals surface area contributed by atoms with Crippen LogP contribution in [0, 0.1) is 0 Å². The first-order chi connectivity index (χ1) is 10.6. The van der Waals surface area contributed by atoms with E-state index in [1.165, 1.54) is 6.08 Å². The Balaban J connectivity index is 2.29. The van der Waals surface area contributed by atoms with Crippen molar-refractivity contribution in [3.63, 3.8) is 0 Å². The second-order valence-corrected chi connectivity index (χ2v) is 7.25. The van der Waals surface area contributed by atoms with Gasteiger partial charge in [-0.05, 0) is 53.5 Å². The minimum atomic E-state index is -0.822. The zero-order chi connectivity index (χ0) is 17.6. The van der Waals surface area contributed by atoms with E-state index in [1.54, 1.807) is 6.92 Å². The molecule has 0 spiro atoms. The normalized spacial score (nSPS) is 30.4. The summed E-state index contributed by atoms with van der Waals surface area (Å²) < 4.78 is 11.2. The van der Waals surface area contributed by atoms with E-state index >= 15 is 0 Å². The van der Waals surface area contributed by atoms with Crippen LogP contribution in [0.15, 0.2) is 12.2 Å². The third kappa shape index (κ3) is 7.92. The van der Waals surface area contributed by atoms with Gasteiger partial charge in [0.1, 0.15) is 6.10 Å². The molecule has 5 atom stereocenters. The van der Waals surface area contributed by atoms with Crippen molar-refractivity contribution in [3.05, 3.63) is 12.2 Å². The van der Waals surface area contributed by atoms with E-state index < -0.39 is 18.5 Å². The van der Waals surface area contributed by atoms with Crippen molar-refractivity contribution in [3.8, 4) is 0 Å².